The molecule has 0 aromatic carbocycles. The molecule has 0 aliphatic rings. The molecule has 1 aromatic heterocycles. The monoisotopic (exact) mass is 262 g/mol. The van der Waals surface area contributed by atoms with Gasteiger partial charge in [0.1, 0.15) is 0 Å². The Morgan fingerprint density at radius 3 is 2.58 bits per heavy atom. The van der Waals surface area contributed by atoms with Crippen molar-refractivity contribution < 1.29 is 0 Å². The second kappa shape index (κ2) is 11.0. The molecular weight excluding hydrogens is 232 g/mol. The van der Waals surface area contributed by atoms with Gasteiger partial charge in [-0.05, 0) is 31.5 Å². The zero-order chi connectivity index (χ0) is 13.8. The van der Waals surface area contributed by atoms with Crippen molar-refractivity contribution >= 4 is 0 Å². The van der Waals surface area contributed by atoms with Crippen molar-refractivity contribution in [2.75, 3.05) is 6.54 Å². The van der Waals surface area contributed by atoms with Gasteiger partial charge in [0.2, 0.25) is 0 Å². The van der Waals surface area contributed by atoms with Crippen LogP contribution in [0.25, 0.3) is 0 Å². The molecule has 0 saturated heterocycles. The second-order valence-electron chi connectivity index (χ2n) is 5.38. The fourth-order valence-electron chi connectivity index (χ4n) is 2.39. The molecule has 0 amide bonds. The van der Waals surface area contributed by atoms with Gasteiger partial charge < -0.3 is 5.32 Å². The van der Waals surface area contributed by atoms with Gasteiger partial charge in [0.15, 0.2) is 0 Å². The van der Waals surface area contributed by atoms with Crippen LogP contribution in [-0.2, 0) is 6.42 Å². The predicted octanol–water partition coefficient (Wildman–Crippen LogP) is 4.35. The Bertz CT molecular complexity index is 297. The van der Waals surface area contributed by atoms with Crippen LogP contribution in [0, 0.1) is 0 Å². The zero-order valence-electron chi connectivity index (χ0n) is 12.7. The number of aromatic nitrogens is 1. The average molecular weight is 262 g/mol. The Balaban J connectivity index is 2.30. The van der Waals surface area contributed by atoms with Gasteiger partial charge in [-0.1, -0.05) is 52.0 Å². The molecule has 19 heavy (non-hydrogen) atoms. The summed E-state index contributed by atoms with van der Waals surface area (Å²) >= 11 is 0. The number of nitrogens with one attached hydrogen (secondary N) is 1. The van der Waals surface area contributed by atoms with Crippen LogP contribution < -0.4 is 5.32 Å². The Kier molecular flexibility index (Phi) is 9.34. The lowest BCUT2D eigenvalue weighted by molar-refractivity contribution is 0.448. The Morgan fingerprint density at radius 1 is 1.05 bits per heavy atom. The largest absolute Gasteiger partial charge is 0.314 e. The van der Waals surface area contributed by atoms with Crippen LogP contribution in [0.4, 0.5) is 0 Å². The summed E-state index contributed by atoms with van der Waals surface area (Å²) in [5.41, 5.74) is 1.21. The first-order valence-electron chi connectivity index (χ1n) is 8.00. The highest BCUT2D eigenvalue weighted by Gasteiger charge is 2.09. The van der Waals surface area contributed by atoms with E-state index in [4.69, 9.17) is 0 Å². The fourth-order valence-corrected chi connectivity index (χ4v) is 2.39. The molecule has 108 valence electrons. The lowest BCUT2D eigenvalue weighted by Crippen LogP contribution is -2.32. The molecule has 1 rings (SSSR count). The van der Waals surface area contributed by atoms with Crippen LogP contribution in [0.1, 0.15) is 64.5 Å². The average Bonchev–Trinajstić information content (AvgIpc) is 2.45. The summed E-state index contributed by atoms with van der Waals surface area (Å²) in [6, 6.07) is 6.80. The van der Waals surface area contributed by atoms with Gasteiger partial charge in [0, 0.05) is 24.4 Å². The summed E-state index contributed by atoms with van der Waals surface area (Å²) in [6.45, 7) is 5.62. The minimum Gasteiger partial charge on any atom is -0.314 e. The normalized spacial score (nSPS) is 12.5. The Hall–Kier alpha value is -0.890. The maximum Gasteiger partial charge on any atom is 0.0419 e. The topological polar surface area (TPSA) is 24.9 Å². The molecule has 1 N–H and O–H groups in total. The summed E-state index contributed by atoms with van der Waals surface area (Å²) in [4.78, 5) is 4.44. The summed E-state index contributed by atoms with van der Waals surface area (Å²) in [5.74, 6) is 0. The SMILES string of the molecule is CCCCCCCC(Cc1ccccn1)NCCC. The maximum atomic E-state index is 4.44. The van der Waals surface area contributed by atoms with E-state index in [1.807, 2.05) is 12.3 Å². The van der Waals surface area contributed by atoms with Crippen molar-refractivity contribution in [1.82, 2.24) is 10.3 Å². The highest BCUT2D eigenvalue weighted by molar-refractivity contribution is 5.05. The van der Waals surface area contributed by atoms with E-state index in [-0.39, 0.29) is 0 Å². The lowest BCUT2D eigenvalue weighted by atomic mass is 10.0. The highest BCUT2D eigenvalue weighted by Crippen LogP contribution is 2.10. The molecule has 2 heteroatoms. The summed E-state index contributed by atoms with van der Waals surface area (Å²) < 4.78 is 0. The van der Waals surface area contributed by atoms with Crippen molar-refractivity contribution in [3.05, 3.63) is 30.1 Å². The molecule has 1 unspecified atom stereocenters. The van der Waals surface area contributed by atoms with Crippen LogP contribution >= 0.6 is 0 Å². The summed E-state index contributed by atoms with van der Waals surface area (Å²) in [5, 5.41) is 3.67. The quantitative estimate of drug-likeness (QED) is 0.600. The van der Waals surface area contributed by atoms with Crippen molar-refractivity contribution in [3.63, 3.8) is 0 Å². The highest BCUT2D eigenvalue weighted by atomic mass is 14.9. The third-order valence-corrected chi connectivity index (χ3v) is 3.52. The van der Waals surface area contributed by atoms with Crippen molar-refractivity contribution in [2.45, 2.75) is 71.3 Å². The third-order valence-electron chi connectivity index (χ3n) is 3.52. The molecule has 2 nitrogen and oxygen atoms in total. The number of nitrogens with zero attached hydrogens (tertiary/aromatic N) is 1. The van der Waals surface area contributed by atoms with Gasteiger partial charge in [-0.2, -0.15) is 0 Å². The van der Waals surface area contributed by atoms with Crippen LogP contribution in [-0.4, -0.2) is 17.6 Å². The lowest BCUT2D eigenvalue weighted by Gasteiger charge is -2.18. The van der Waals surface area contributed by atoms with E-state index >= 15 is 0 Å². The minimum absolute atomic E-state index is 0.594. The van der Waals surface area contributed by atoms with Crippen molar-refractivity contribution in [1.29, 1.82) is 0 Å². The standard InChI is InChI=1S/C17H30N2/c1-3-5-6-7-8-11-16(18-13-4-2)15-17-12-9-10-14-19-17/h9-10,12,14,16,18H,3-8,11,13,15H2,1-2H3. The van der Waals surface area contributed by atoms with E-state index in [1.165, 1.54) is 50.6 Å². The number of unbranched alkanes of at least 4 members (excludes halogenated alkanes) is 4. The van der Waals surface area contributed by atoms with Crippen LogP contribution in [0.15, 0.2) is 24.4 Å². The Labute approximate surface area is 119 Å². The van der Waals surface area contributed by atoms with E-state index in [9.17, 15) is 0 Å². The van der Waals surface area contributed by atoms with Crippen molar-refractivity contribution in [2.24, 2.45) is 0 Å². The summed E-state index contributed by atoms with van der Waals surface area (Å²) in [6.07, 6.45) is 12.3. The number of pyridine rings is 1. The van der Waals surface area contributed by atoms with E-state index in [1.54, 1.807) is 0 Å². The molecule has 0 aliphatic heterocycles. The molecular formula is C17H30N2. The first-order chi connectivity index (χ1) is 9.36. The van der Waals surface area contributed by atoms with E-state index in [2.05, 4.69) is 36.3 Å². The van der Waals surface area contributed by atoms with Gasteiger partial charge >= 0.3 is 0 Å². The molecule has 0 spiro atoms. The molecule has 0 radical (unpaired) electrons. The third kappa shape index (κ3) is 7.99. The van der Waals surface area contributed by atoms with E-state index in [0.29, 0.717) is 6.04 Å². The first-order valence-corrected chi connectivity index (χ1v) is 8.00. The van der Waals surface area contributed by atoms with Gasteiger partial charge in [-0.15, -0.1) is 0 Å². The maximum absolute atomic E-state index is 4.44. The van der Waals surface area contributed by atoms with Crippen LogP contribution in [0.5, 0.6) is 0 Å². The van der Waals surface area contributed by atoms with E-state index < -0.39 is 0 Å². The van der Waals surface area contributed by atoms with Crippen LogP contribution in [0.2, 0.25) is 0 Å². The van der Waals surface area contributed by atoms with Gasteiger partial charge in [0.25, 0.3) is 0 Å². The summed E-state index contributed by atoms with van der Waals surface area (Å²) in [7, 11) is 0. The van der Waals surface area contributed by atoms with Gasteiger partial charge in [-0.25, -0.2) is 0 Å². The first kappa shape index (κ1) is 16.2. The zero-order valence-corrected chi connectivity index (χ0v) is 12.7. The molecule has 1 atom stereocenters. The minimum atomic E-state index is 0.594. The molecule has 0 aliphatic carbocycles. The molecule has 0 fully saturated rings. The number of rotatable bonds is 11. The number of hydrogen-bond acceptors (Lipinski definition) is 2. The Morgan fingerprint density at radius 2 is 1.89 bits per heavy atom. The molecule has 0 saturated carbocycles. The smallest absolute Gasteiger partial charge is 0.0419 e. The van der Waals surface area contributed by atoms with E-state index in [0.717, 1.165) is 13.0 Å². The molecule has 1 heterocycles. The second-order valence-corrected chi connectivity index (χ2v) is 5.38. The fraction of sp³-hybridized carbons (Fsp3) is 0.706. The van der Waals surface area contributed by atoms with Crippen molar-refractivity contribution in [3.8, 4) is 0 Å². The number of hydrogen-bond donors (Lipinski definition) is 1. The predicted molar refractivity (Wildman–Crippen MR) is 83.4 cm³/mol. The molecule has 0 bridgehead atoms. The van der Waals surface area contributed by atoms with Gasteiger partial charge in [0.05, 0.1) is 0 Å². The van der Waals surface area contributed by atoms with Gasteiger partial charge in [-0.3, -0.25) is 4.98 Å². The van der Waals surface area contributed by atoms with Crippen LogP contribution in [0.3, 0.4) is 0 Å². The molecule has 1 aromatic rings.